The van der Waals surface area contributed by atoms with E-state index in [1.807, 2.05) is 24.4 Å². The zero-order valence-corrected chi connectivity index (χ0v) is 12.7. The first kappa shape index (κ1) is 14.1. The molecule has 2 rings (SSSR count). The zero-order chi connectivity index (χ0) is 14.2. The molecule has 19 heavy (non-hydrogen) atoms. The standard InChI is InChI=1S/C14H17BrN2O2/c1-14(2,13(18)19-3)12(16)10-7-17-11-5-4-8(15)6-9(10)11/h4-7,12,17H,16H2,1-3H3/t12-/m0/s1. The Morgan fingerprint density at radius 2 is 2.16 bits per heavy atom. The Hall–Kier alpha value is -1.33. The highest BCUT2D eigenvalue weighted by Gasteiger charge is 2.37. The van der Waals surface area contributed by atoms with Gasteiger partial charge in [-0.15, -0.1) is 0 Å². The van der Waals surface area contributed by atoms with Crippen molar-refractivity contribution in [1.29, 1.82) is 0 Å². The van der Waals surface area contributed by atoms with Crippen LogP contribution >= 0.6 is 15.9 Å². The number of carbonyl (C=O) groups is 1. The minimum atomic E-state index is -0.786. The smallest absolute Gasteiger partial charge is 0.313 e. The Kier molecular flexibility index (Phi) is 3.69. The molecular weight excluding hydrogens is 308 g/mol. The van der Waals surface area contributed by atoms with Crippen LogP contribution in [0.4, 0.5) is 0 Å². The van der Waals surface area contributed by atoms with Crippen LogP contribution in [0.3, 0.4) is 0 Å². The number of rotatable bonds is 3. The molecule has 1 atom stereocenters. The predicted octanol–water partition coefficient (Wildman–Crippen LogP) is 3.13. The first-order valence-electron chi connectivity index (χ1n) is 5.98. The summed E-state index contributed by atoms with van der Waals surface area (Å²) in [5.41, 5.74) is 7.39. The van der Waals surface area contributed by atoms with Crippen molar-refractivity contribution in [3.05, 3.63) is 34.4 Å². The molecule has 0 spiro atoms. The monoisotopic (exact) mass is 324 g/mol. The first-order chi connectivity index (χ1) is 8.87. The molecule has 0 aliphatic carbocycles. The average molecular weight is 325 g/mol. The van der Waals surface area contributed by atoms with Crippen LogP contribution in [0, 0.1) is 5.41 Å². The van der Waals surface area contributed by atoms with Crippen LogP contribution < -0.4 is 5.73 Å². The topological polar surface area (TPSA) is 68.1 Å². The van der Waals surface area contributed by atoms with Crippen LogP contribution in [0.2, 0.25) is 0 Å². The third-order valence-corrected chi connectivity index (χ3v) is 3.99. The molecule has 1 heterocycles. The molecule has 5 heteroatoms. The molecule has 0 aliphatic heterocycles. The summed E-state index contributed by atoms with van der Waals surface area (Å²) < 4.78 is 5.81. The van der Waals surface area contributed by atoms with Gasteiger partial charge in [0, 0.05) is 27.6 Å². The Morgan fingerprint density at radius 1 is 1.47 bits per heavy atom. The van der Waals surface area contributed by atoms with E-state index in [-0.39, 0.29) is 5.97 Å². The molecular formula is C14H17BrN2O2. The van der Waals surface area contributed by atoms with Crippen LogP contribution in [-0.4, -0.2) is 18.1 Å². The van der Waals surface area contributed by atoms with Gasteiger partial charge in [-0.2, -0.15) is 0 Å². The average Bonchev–Trinajstić information content (AvgIpc) is 2.79. The summed E-state index contributed by atoms with van der Waals surface area (Å²) in [4.78, 5) is 15.0. The summed E-state index contributed by atoms with van der Waals surface area (Å²) in [5.74, 6) is -0.315. The van der Waals surface area contributed by atoms with Gasteiger partial charge in [0.05, 0.1) is 12.5 Å². The molecule has 0 saturated heterocycles. The Labute approximate surface area is 120 Å². The predicted molar refractivity (Wildman–Crippen MR) is 78.7 cm³/mol. The highest BCUT2D eigenvalue weighted by atomic mass is 79.9. The number of halogens is 1. The van der Waals surface area contributed by atoms with Crippen molar-refractivity contribution >= 4 is 32.8 Å². The maximum absolute atomic E-state index is 11.9. The maximum Gasteiger partial charge on any atom is 0.313 e. The molecule has 3 N–H and O–H groups in total. The lowest BCUT2D eigenvalue weighted by atomic mass is 9.81. The van der Waals surface area contributed by atoms with E-state index in [0.29, 0.717) is 0 Å². The van der Waals surface area contributed by atoms with Gasteiger partial charge in [-0.1, -0.05) is 15.9 Å². The fraction of sp³-hybridized carbons (Fsp3) is 0.357. The van der Waals surface area contributed by atoms with Crippen LogP contribution in [0.15, 0.2) is 28.9 Å². The van der Waals surface area contributed by atoms with Gasteiger partial charge in [-0.3, -0.25) is 4.79 Å². The molecule has 102 valence electrons. The molecule has 1 aromatic carbocycles. The van der Waals surface area contributed by atoms with Gasteiger partial charge in [0.2, 0.25) is 0 Å². The number of hydrogen-bond acceptors (Lipinski definition) is 3. The van der Waals surface area contributed by atoms with Gasteiger partial charge in [0.1, 0.15) is 0 Å². The Balaban J connectivity index is 2.49. The van der Waals surface area contributed by atoms with Crippen molar-refractivity contribution < 1.29 is 9.53 Å². The second kappa shape index (κ2) is 4.98. The summed E-state index contributed by atoms with van der Waals surface area (Å²) in [6.07, 6.45) is 1.85. The van der Waals surface area contributed by atoms with Crippen LogP contribution in [0.1, 0.15) is 25.5 Å². The number of fused-ring (bicyclic) bond motifs is 1. The van der Waals surface area contributed by atoms with Crippen molar-refractivity contribution in [1.82, 2.24) is 4.98 Å². The number of esters is 1. The van der Waals surface area contributed by atoms with Gasteiger partial charge < -0.3 is 15.5 Å². The molecule has 0 saturated carbocycles. The van der Waals surface area contributed by atoms with E-state index in [9.17, 15) is 4.79 Å². The molecule has 0 aliphatic rings. The molecule has 0 fully saturated rings. The summed E-state index contributed by atoms with van der Waals surface area (Å²) in [6, 6.07) is 5.48. The molecule has 0 amide bonds. The summed E-state index contributed by atoms with van der Waals surface area (Å²) >= 11 is 3.45. The summed E-state index contributed by atoms with van der Waals surface area (Å²) in [5, 5.41) is 1.01. The number of nitrogens with one attached hydrogen (secondary N) is 1. The van der Waals surface area contributed by atoms with Gasteiger partial charge in [0.25, 0.3) is 0 Å². The van der Waals surface area contributed by atoms with E-state index in [0.717, 1.165) is 20.9 Å². The minimum Gasteiger partial charge on any atom is -0.469 e. The molecule has 0 unspecified atom stereocenters. The fourth-order valence-electron chi connectivity index (χ4n) is 2.15. The highest BCUT2D eigenvalue weighted by molar-refractivity contribution is 9.10. The number of H-pyrrole nitrogens is 1. The maximum atomic E-state index is 11.9. The molecule has 4 nitrogen and oxygen atoms in total. The lowest BCUT2D eigenvalue weighted by Crippen LogP contribution is -2.37. The second-order valence-electron chi connectivity index (χ2n) is 5.12. The van der Waals surface area contributed by atoms with Crippen molar-refractivity contribution in [2.75, 3.05) is 7.11 Å². The number of hydrogen-bond donors (Lipinski definition) is 2. The minimum absolute atomic E-state index is 0.315. The normalized spacial score (nSPS) is 13.5. The van der Waals surface area contributed by atoms with Crippen molar-refractivity contribution in [2.45, 2.75) is 19.9 Å². The van der Waals surface area contributed by atoms with E-state index >= 15 is 0 Å². The Morgan fingerprint density at radius 3 is 2.79 bits per heavy atom. The van der Waals surface area contributed by atoms with Gasteiger partial charge in [-0.05, 0) is 37.6 Å². The highest BCUT2D eigenvalue weighted by Crippen LogP contribution is 2.36. The molecule has 2 aromatic rings. The second-order valence-corrected chi connectivity index (χ2v) is 6.04. The third-order valence-electron chi connectivity index (χ3n) is 3.50. The number of aromatic amines is 1. The lowest BCUT2D eigenvalue weighted by Gasteiger charge is -2.28. The van der Waals surface area contributed by atoms with Crippen LogP contribution in [-0.2, 0) is 9.53 Å². The number of aromatic nitrogens is 1. The quantitative estimate of drug-likeness (QED) is 0.852. The number of methoxy groups -OCH3 is 1. The molecule has 0 bridgehead atoms. The number of nitrogens with two attached hydrogens (primary N) is 1. The van der Waals surface area contributed by atoms with E-state index in [1.54, 1.807) is 13.8 Å². The molecule has 1 aromatic heterocycles. The van der Waals surface area contributed by atoms with E-state index in [1.165, 1.54) is 7.11 Å². The van der Waals surface area contributed by atoms with E-state index in [4.69, 9.17) is 10.5 Å². The summed E-state index contributed by atoms with van der Waals surface area (Å²) in [6.45, 7) is 3.58. The Bertz CT molecular complexity index is 619. The van der Waals surface area contributed by atoms with E-state index in [2.05, 4.69) is 20.9 Å². The van der Waals surface area contributed by atoms with Gasteiger partial charge >= 0.3 is 5.97 Å². The van der Waals surface area contributed by atoms with Crippen molar-refractivity contribution in [3.8, 4) is 0 Å². The van der Waals surface area contributed by atoms with Gasteiger partial charge in [-0.25, -0.2) is 0 Å². The van der Waals surface area contributed by atoms with Gasteiger partial charge in [0.15, 0.2) is 0 Å². The first-order valence-corrected chi connectivity index (χ1v) is 6.77. The lowest BCUT2D eigenvalue weighted by molar-refractivity contribution is -0.152. The van der Waals surface area contributed by atoms with Crippen LogP contribution in [0.5, 0.6) is 0 Å². The van der Waals surface area contributed by atoms with Crippen molar-refractivity contribution in [3.63, 3.8) is 0 Å². The van der Waals surface area contributed by atoms with E-state index < -0.39 is 11.5 Å². The SMILES string of the molecule is COC(=O)C(C)(C)[C@@H](N)c1c[nH]c2ccc(Br)cc12. The summed E-state index contributed by atoms with van der Waals surface area (Å²) in [7, 11) is 1.38. The third kappa shape index (κ3) is 2.40. The largest absolute Gasteiger partial charge is 0.469 e. The van der Waals surface area contributed by atoms with Crippen molar-refractivity contribution in [2.24, 2.45) is 11.1 Å². The number of carbonyl (C=O) groups excluding carboxylic acids is 1. The number of ether oxygens (including phenoxy) is 1. The van der Waals surface area contributed by atoms with Crippen LogP contribution in [0.25, 0.3) is 10.9 Å². The number of benzene rings is 1. The zero-order valence-electron chi connectivity index (χ0n) is 11.2. The fourth-order valence-corrected chi connectivity index (χ4v) is 2.51. The molecule has 0 radical (unpaired) electrons.